The Hall–Kier alpha value is -1.68. The molecule has 3 nitrogen and oxygen atoms in total. The molecule has 0 bridgehead atoms. The summed E-state index contributed by atoms with van der Waals surface area (Å²) in [7, 11) is 2.11. The minimum atomic E-state index is -0.230. The fourth-order valence-corrected chi connectivity index (χ4v) is 2.09. The van der Waals surface area contributed by atoms with Crippen LogP contribution >= 0.6 is 0 Å². The lowest BCUT2D eigenvalue weighted by atomic mass is 10.1. The third-order valence-electron chi connectivity index (χ3n) is 3.81. The van der Waals surface area contributed by atoms with Crippen LogP contribution in [0.5, 0.6) is 0 Å². The maximum Gasteiger partial charge on any atom is 0.123 e. The predicted molar refractivity (Wildman–Crippen MR) is 79.3 cm³/mol. The van der Waals surface area contributed by atoms with Gasteiger partial charge in [-0.25, -0.2) is 9.07 Å². The van der Waals surface area contributed by atoms with Crippen LogP contribution in [0.4, 0.5) is 4.39 Å². The number of aromatic nitrogens is 2. The van der Waals surface area contributed by atoms with Crippen LogP contribution in [-0.2, 0) is 6.54 Å². The predicted octanol–water partition coefficient (Wildman–Crippen LogP) is 3.49. The van der Waals surface area contributed by atoms with Crippen LogP contribution in [0.1, 0.15) is 26.5 Å². The number of nitrogens with zero attached hydrogens (tertiary/aromatic N) is 3. The number of benzene rings is 1. The van der Waals surface area contributed by atoms with Crippen LogP contribution < -0.4 is 0 Å². The summed E-state index contributed by atoms with van der Waals surface area (Å²) in [4.78, 5) is 2.29. The number of halogens is 1. The van der Waals surface area contributed by atoms with Crippen molar-refractivity contribution in [3.05, 3.63) is 48.0 Å². The first kappa shape index (κ1) is 14.7. The summed E-state index contributed by atoms with van der Waals surface area (Å²) in [5, 5.41) is 4.54. The largest absolute Gasteiger partial charge is 0.298 e. The Kier molecular flexibility index (Phi) is 4.55. The maximum absolute atomic E-state index is 12.9. The van der Waals surface area contributed by atoms with Crippen LogP contribution in [0.25, 0.3) is 5.69 Å². The molecule has 1 unspecified atom stereocenters. The SMILES string of the molecule is CC(C)C(C)N(C)Cc1ccn(-c2ccc(F)cc2)n1. The third-order valence-corrected chi connectivity index (χ3v) is 3.81. The van der Waals surface area contributed by atoms with Crippen LogP contribution in [0.3, 0.4) is 0 Å². The summed E-state index contributed by atoms with van der Waals surface area (Å²) in [5.74, 6) is 0.380. The van der Waals surface area contributed by atoms with E-state index < -0.39 is 0 Å². The summed E-state index contributed by atoms with van der Waals surface area (Å²) in [6.45, 7) is 7.48. The molecule has 108 valence electrons. The lowest BCUT2D eigenvalue weighted by Crippen LogP contribution is -2.32. The summed E-state index contributed by atoms with van der Waals surface area (Å²) in [6.07, 6.45) is 1.91. The van der Waals surface area contributed by atoms with E-state index in [0.717, 1.165) is 17.9 Å². The van der Waals surface area contributed by atoms with Gasteiger partial charge >= 0.3 is 0 Å². The molecule has 1 aromatic heterocycles. The molecule has 0 amide bonds. The number of hydrogen-bond donors (Lipinski definition) is 0. The molecule has 0 radical (unpaired) electrons. The Morgan fingerprint density at radius 3 is 2.40 bits per heavy atom. The highest BCUT2D eigenvalue weighted by molar-refractivity contribution is 5.31. The van der Waals surface area contributed by atoms with Crippen LogP contribution in [-0.4, -0.2) is 27.8 Å². The average Bonchev–Trinajstić information content (AvgIpc) is 2.87. The smallest absolute Gasteiger partial charge is 0.123 e. The normalized spacial score (nSPS) is 13.2. The Bertz CT molecular complexity index is 545. The van der Waals surface area contributed by atoms with Gasteiger partial charge in [-0.15, -0.1) is 0 Å². The molecule has 2 aromatic rings. The number of rotatable bonds is 5. The van der Waals surface area contributed by atoms with Crippen molar-refractivity contribution in [3.63, 3.8) is 0 Å². The van der Waals surface area contributed by atoms with Gasteiger partial charge in [0, 0.05) is 18.8 Å². The van der Waals surface area contributed by atoms with Gasteiger partial charge in [0.2, 0.25) is 0 Å². The molecule has 0 aliphatic rings. The van der Waals surface area contributed by atoms with E-state index in [1.807, 2.05) is 12.3 Å². The average molecular weight is 275 g/mol. The van der Waals surface area contributed by atoms with Gasteiger partial charge in [0.1, 0.15) is 5.82 Å². The quantitative estimate of drug-likeness (QED) is 0.833. The number of hydrogen-bond acceptors (Lipinski definition) is 2. The molecule has 20 heavy (non-hydrogen) atoms. The van der Waals surface area contributed by atoms with E-state index in [1.165, 1.54) is 12.1 Å². The molecule has 2 rings (SSSR count). The molecule has 1 atom stereocenters. The van der Waals surface area contributed by atoms with Crippen LogP contribution in [0, 0.1) is 11.7 Å². The van der Waals surface area contributed by atoms with Crippen LogP contribution in [0.15, 0.2) is 36.5 Å². The van der Waals surface area contributed by atoms with E-state index in [1.54, 1.807) is 16.8 Å². The molecule has 0 spiro atoms. The summed E-state index contributed by atoms with van der Waals surface area (Å²) in [5.41, 5.74) is 1.89. The molecule has 0 fully saturated rings. The van der Waals surface area contributed by atoms with Crippen molar-refractivity contribution in [2.45, 2.75) is 33.4 Å². The van der Waals surface area contributed by atoms with Crippen molar-refractivity contribution < 1.29 is 4.39 Å². The molecule has 0 saturated carbocycles. The lowest BCUT2D eigenvalue weighted by Gasteiger charge is -2.26. The van der Waals surface area contributed by atoms with Gasteiger partial charge in [-0.3, -0.25) is 4.90 Å². The molecule has 0 aliphatic heterocycles. The zero-order valence-electron chi connectivity index (χ0n) is 12.5. The first-order valence-electron chi connectivity index (χ1n) is 6.98. The summed E-state index contributed by atoms with van der Waals surface area (Å²) in [6, 6.07) is 8.87. The maximum atomic E-state index is 12.9. The van der Waals surface area contributed by atoms with Gasteiger partial charge in [0.25, 0.3) is 0 Å². The van der Waals surface area contributed by atoms with Gasteiger partial charge < -0.3 is 0 Å². The summed E-state index contributed by atoms with van der Waals surface area (Å²) < 4.78 is 14.7. The first-order chi connectivity index (χ1) is 9.47. The zero-order chi connectivity index (χ0) is 14.7. The van der Waals surface area contributed by atoms with E-state index in [9.17, 15) is 4.39 Å². The van der Waals surface area contributed by atoms with Crippen molar-refractivity contribution in [2.24, 2.45) is 5.92 Å². The Morgan fingerprint density at radius 2 is 1.80 bits per heavy atom. The molecule has 0 saturated heterocycles. The van der Waals surface area contributed by atoms with Gasteiger partial charge in [-0.05, 0) is 50.2 Å². The molecule has 1 heterocycles. The first-order valence-corrected chi connectivity index (χ1v) is 6.98. The highest BCUT2D eigenvalue weighted by Gasteiger charge is 2.14. The molecule has 0 N–H and O–H groups in total. The minimum Gasteiger partial charge on any atom is -0.298 e. The molecule has 0 aliphatic carbocycles. The minimum absolute atomic E-state index is 0.230. The molecule has 1 aromatic carbocycles. The Labute approximate surface area is 120 Å². The highest BCUT2D eigenvalue weighted by atomic mass is 19.1. The van der Waals surface area contributed by atoms with Crippen molar-refractivity contribution in [1.82, 2.24) is 14.7 Å². The third kappa shape index (κ3) is 3.45. The van der Waals surface area contributed by atoms with Gasteiger partial charge in [0.15, 0.2) is 0 Å². The zero-order valence-corrected chi connectivity index (χ0v) is 12.5. The van der Waals surface area contributed by atoms with Gasteiger partial charge in [-0.1, -0.05) is 13.8 Å². The Balaban J connectivity index is 2.07. The highest BCUT2D eigenvalue weighted by Crippen LogP contribution is 2.13. The van der Waals surface area contributed by atoms with E-state index in [-0.39, 0.29) is 5.82 Å². The second kappa shape index (κ2) is 6.18. The molecular weight excluding hydrogens is 253 g/mol. The standard InChI is InChI=1S/C16H22FN3/c1-12(2)13(3)19(4)11-15-9-10-20(18-15)16-7-5-14(17)6-8-16/h5-10,12-13H,11H2,1-4H3. The van der Waals surface area contributed by atoms with Crippen molar-refractivity contribution in [1.29, 1.82) is 0 Å². The van der Waals surface area contributed by atoms with E-state index in [2.05, 4.69) is 37.8 Å². The fourth-order valence-electron chi connectivity index (χ4n) is 2.09. The monoisotopic (exact) mass is 275 g/mol. The Morgan fingerprint density at radius 1 is 1.15 bits per heavy atom. The lowest BCUT2D eigenvalue weighted by molar-refractivity contribution is 0.198. The van der Waals surface area contributed by atoms with Crippen molar-refractivity contribution in [3.8, 4) is 5.69 Å². The van der Waals surface area contributed by atoms with Crippen molar-refractivity contribution >= 4 is 0 Å². The van der Waals surface area contributed by atoms with E-state index >= 15 is 0 Å². The fraction of sp³-hybridized carbons (Fsp3) is 0.438. The molecular formula is C16H22FN3. The van der Waals surface area contributed by atoms with Crippen molar-refractivity contribution in [2.75, 3.05) is 7.05 Å². The summed E-state index contributed by atoms with van der Waals surface area (Å²) >= 11 is 0. The van der Waals surface area contributed by atoms with E-state index in [0.29, 0.717) is 12.0 Å². The molecule has 4 heteroatoms. The van der Waals surface area contributed by atoms with Gasteiger partial charge in [-0.2, -0.15) is 5.10 Å². The topological polar surface area (TPSA) is 21.1 Å². The van der Waals surface area contributed by atoms with Crippen LogP contribution in [0.2, 0.25) is 0 Å². The second-order valence-electron chi connectivity index (χ2n) is 5.63. The van der Waals surface area contributed by atoms with Gasteiger partial charge in [0.05, 0.1) is 11.4 Å². The van der Waals surface area contributed by atoms with E-state index in [4.69, 9.17) is 0 Å². The second-order valence-corrected chi connectivity index (χ2v) is 5.63.